The average molecular weight is 156 g/mol. The van der Waals surface area contributed by atoms with E-state index in [1.807, 2.05) is 0 Å². The first-order chi connectivity index (χ1) is 5.14. The van der Waals surface area contributed by atoms with Gasteiger partial charge in [0.1, 0.15) is 6.23 Å². The Morgan fingerprint density at radius 1 is 1.64 bits per heavy atom. The second-order valence-electron chi connectivity index (χ2n) is 3.58. The molecule has 2 aliphatic rings. The van der Waals surface area contributed by atoms with Crippen molar-refractivity contribution in [3.63, 3.8) is 0 Å². The fourth-order valence-electron chi connectivity index (χ4n) is 1.75. The van der Waals surface area contributed by atoms with Crippen LogP contribution in [-0.2, 0) is 4.79 Å². The molecule has 1 aliphatic heterocycles. The van der Waals surface area contributed by atoms with Crippen LogP contribution in [0.5, 0.6) is 0 Å². The van der Waals surface area contributed by atoms with Gasteiger partial charge in [-0.1, -0.05) is 0 Å². The van der Waals surface area contributed by atoms with Gasteiger partial charge in [0, 0.05) is 6.42 Å². The number of nitrogens with one attached hydrogen (secondary N) is 1. The van der Waals surface area contributed by atoms with Crippen molar-refractivity contribution in [2.45, 2.75) is 31.5 Å². The van der Waals surface area contributed by atoms with Crippen LogP contribution >= 0.6 is 0 Å². The van der Waals surface area contributed by atoms with E-state index < -0.39 is 6.23 Å². The van der Waals surface area contributed by atoms with Crippen molar-refractivity contribution >= 4 is 5.91 Å². The van der Waals surface area contributed by atoms with Crippen LogP contribution in [0.2, 0.25) is 0 Å². The molecule has 1 heterocycles. The van der Waals surface area contributed by atoms with Gasteiger partial charge in [-0.05, 0) is 18.3 Å². The van der Waals surface area contributed by atoms with Crippen LogP contribution in [0.3, 0.4) is 0 Å². The van der Waals surface area contributed by atoms with Gasteiger partial charge in [-0.2, -0.15) is 0 Å². The van der Waals surface area contributed by atoms with E-state index in [0.29, 0.717) is 6.42 Å². The molecule has 2 rings (SSSR count). The smallest absolute Gasteiger partial charge is 0.222 e. The summed E-state index contributed by atoms with van der Waals surface area (Å²) in [5, 5.41) is 11.7. The van der Waals surface area contributed by atoms with Crippen molar-refractivity contribution in [3.05, 3.63) is 0 Å². The topological polar surface area (TPSA) is 75.3 Å². The summed E-state index contributed by atoms with van der Waals surface area (Å²) in [6.07, 6.45) is 1.63. The summed E-state index contributed by atoms with van der Waals surface area (Å²) >= 11 is 0. The molecular weight excluding hydrogens is 144 g/mol. The van der Waals surface area contributed by atoms with E-state index in [1.165, 1.54) is 0 Å². The molecule has 4 N–H and O–H groups in total. The van der Waals surface area contributed by atoms with Gasteiger partial charge in [-0.15, -0.1) is 0 Å². The van der Waals surface area contributed by atoms with Crippen LogP contribution in [0.15, 0.2) is 0 Å². The predicted molar refractivity (Wildman–Crippen MR) is 38.4 cm³/mol. The van der Waals surface area contributed by atoms with Gasteiger partial charge >= 0.3 is 0 Å². The second kappa shape index (κ2) is 1.95. The van der Waals surface area contributed by atoms with Crippen molar-refractivity contribution in [3.8, 4) is 0 Å². The monoisotopic (exact) mass is 156 g/mol. The number of piperidine rings is 1. The molecule has 11 heavy (non-hydrogen) atoms. The minimum Gasteiger partial charge on any atom is -0.372 e. The summed E-state index contributed by atoms with van der Waals surface area (Å²) in [6, 6.07) is -0.264. The first-order valence-electron chi connectivity index (χ1n) is 3.87. The number of carbonyl (C=O) groups is 1. The number of hydrogen-bond donors (Lipinski definition) is 3. The van der Waals surface area contributed by atoms with Crippen LogP contribution in [-0.4, -0.2) is 23.3 Å². The number of hydrogen-bond acceptors (Lipinski definition) is 3. The molecule has 62 valence electrons. The predicted octanol–water partition coefficient (Wildman–Crippen LogP) is -1.07. The van der Waals surface area contributed by atoms with Gasteiger partial charge in [0.2, 0.25) is 5.91 Å². The highest BCUT2D eigenvalue weighted by atomic mass is 16.3. The lowest BCUT2D eigenvalue weighted by molar-refractivity contribution is -0.130. The Labute approximate surface area is 64.8 Å². The van der Waals surface area contributed by atoms with E-state index in [4.69, 9.17) is 5.73 Å². The Kier molecular flexibility index (Phi) is 1.25. The summed E-state index contributed by atoms with van der Waals surface area (Å²) in [4.78, 5) is 10.9. The van der Waals surface area contributed by atoms with E-state index in [9.17, 15) is 9.90 Å². The summed E-state index contributed by atoms with van der Waals surface area (Å²) in [5.74, 6) is -0.0725. The fourth-order valence-corrected chi connectivity index (χ4v) is 1.75. The zero-order valence-corrected chi connectivity index (χ0v) is 6.21. The molecule has 1 aliphatic carbocycles. The average Bonchev–Trinajstić information content (AvgIpc) is 2.65. The molecule has 1 amide bonds. The maximum Gasteiger partial charge on any atom is 0.222 e. The van der Waals surface area contributed by atoms with Gasteiger partial charge < -0.3 is 16.2 Å². The molecule has 4 heteroatoms. The Bertz CT molecular complexity index is 201. The molecule has 1 saturated heterocycles. The molecule has 0 aromatic rings. The van der Waals surface area contributed by atoms with E-state index >= 15 is 0 Å². The quantitative estimate of drug-likeness (QED) is 0.418. The Morgan fingerprint density at radius 3 is 2.82 bits per heavy atom. The largest absolute Gasteiger partial charge is 0.372 e. The van der Waals surface area contributed by atoms with Crippen LogP contribution in [0.1, 0.15) is 19.3 Å². The summed E-state index contributed by atoms with van der Waals surface area (Å²) < 4.78 is 0. The van der Waals surface area contributed by atoms with Crippen molar-refractivity contribution in [1.29, 1.82) is 0 Å². The van der Waals surface area contributed by atoms with Gasteiger partial charge in [0.15, 0.2) is 0 Å². The zero-order valence-electron chi connectivity index (χ0n) is 6.21. The molecule has 2 fully saturated rings. The van der Waals surface area contributed by atoms with E-state index in [0.717, 1.165) is 12.8 Å². The Balaban J connectivity index is 2.16. The molecule has 1 spiro atoms. The van der Waals surface area contributed by atoms with Gasteiger partial charge in [-0.25, -0.2) is 0 Å². The lowest BCUT2D eigenvalue weighted by Crippen LogP contribution is -2.57. The van der Waals surface area contributed by atoms with Crippen molar-refractivity contribution in [1.82, 2.24) is 5.32 Å². The highest BCUT2D eigenvalue weighted by Gasteiger charge is 2.54. The summed E-state index contributed by atoms with van der Waals surface area (Å²) in [7, 11) is 0. The third-order valence-electron chi connectivity index (χ3n) is 2.76. The number of carbonyl (C=O) groups excluding carboxylic acids is 1. The van der Waals surface area contributed by atoms with Crippen molar-refractivity contribution < 1.29 is 9.90 Å². The molecule has 0 bridgehead atoms. The molecule has 1 saturated carbocycles. The van der Waals surface area contributed by atoms with E-state index in [2.05, 4.69) is 5.32 Å². The first kappa shape index (κ1) is 7.06. The van der Waals surface area contributed by atoms with Gasteiger partial charge in [0.05, 0.1) is 6.04 Å². The number of nitrogens with two attached hydrogens (primary N) is 1. The van der Waals surface area contributed by atoms with E-state index in [-0.39, 0.29) is 17.4 Å². The first-order valence-corrected chi connectivity index (χ1v) is 3.87. The number of aliphatic hydroxyl groups is 1. The van der Waals surface area contributed by atoms with Crippen LogP contribution in [0.25, 0.3) is 0 Å². The van der Waals surface area contributed by atoms with Gasteiger partial charge in [-0.3, -0.25) is 4.79 Å². The van der Waals surface area contributed by atoms with E-state index in [1.54, 1.807) is 0 Å². The maximum atomic E-state index is 10.9. The highest BCUT2D eigenvalue weighted by molar-refractivity contribution is 5.78. The SMILES string of the molecule is NC1C(O)NC(=O)CC12CC2. The lowest BCUT2D eigenvalue weighted by atomic mass is 9.88. The Hall–Kier alpha value is -0.610. The second-order valence-corrected chi connectivity index (χ2v) is 3.58. The van der Waals surface area contributed by atoms with Crippen LogP contribution in [0.4, 0.5) is 0 Å². The minimum atomic E-state index is -0.834. The molecule has 0 radical (unpaired) electrons. The Morgan fingerprint density at radius 2 is 2.27 bits per heavy atom. The summed E-state index contributed by atoms with van der Waals surface area (Å²) in [6.45, 7) is 0. The van der Waals surface area contributed by atoms with Crippen LogP contribution < -0.4 is 11.1 Å². The molecule has 0 aromatic carbocycles. The number of amides is 1. The van der Waals surface area contributed by atoms with Gasteiger partial charge in [0.25, 0.3) is 0 Å². The van der Waals surface area contributed by atoms with Crippen molar-refractivity contribution in [2.24, 2.45) is 11.1 Å². The third kappa shape index (κ3) is 0.937. The highest BCUT2D eigenvalue weighted by Crippen LogP contribution is 2.52. The lowest BCUT2D eigenvalue weighted by Gasteiger charge is -2.33. The molecule has 2 atom stereocenters. The minimum absolute atomic E-state index is 0.0538. The fraction of sp³-hybridized carbons (Fsp3) is 0.857. The molecule has 2 unspecified atom stereocenters. The zero-order chi connectivity index (χ0) is 8.06. The summed E-state index contributed by atoms with van der Waals surface area (Å²) in [5.41, 5.74) is 5.66. The van der Waals surface area contributed by atoms with Crippen LogP contribution in [0, 0.1) is 5.41 Å². The third-order valence-corrected chi connectivity index (χ3v) is 2.76. The number of aliphatic hydroxyl groups excluding tert-OH is 1. The molecular formula is C7H12N2O2. The normalized spacial score (nSPS) is 40.4. The number of rotatable bonds is 0. The maximum absolute atomic E-state index is 10.9. The standard InChI is InChI=1S/C7H12N2O2/c8-5-6(11)9-4(10)3-7(5)1-2-7/h5-6,11H,1-3,8H2,(H,9,10). The molecule has 4 nitrogen and oxygen atoms in total. The van der Waals surface area contributed by atoms with Crippen molar-refractivity contribution in [2.75, 3.05) is 0 Å². The molecule has 0 aromatic heterocycles.